The van der Waals surface area contributed by atoms with Crippen molar-refractivity contribution in [1.82, 2.24) is 0 Å². The molecule has 0 aliphatic heterocycles. The van der Waals surface area contributed by atoms with E-state index in [2.05, 4.69) is 5.32 Å². The predicted octanol–water partition coefficient (Wildman–Crippen LogP) is 2.41. The van der Waals surface area contributed by atoms with Gasteiger partial charge in [0.15, 0.2) is 0 Å². The van der Waals surface area contributed by atoms with Gasteiger partial charge in [-0.1, -0.05) is 26.8 Å². The van der Waals surface area contributed by atoms with E-state index in [1.54, 1.807) is 13.2 Å². The number of carbonyl (C=O) groups excluding carboxylic acids is 1. The molecule has 1 aromatic carbocycles. The summed E-state index contributed by atoms with van der Waals surface area (Å²) in [7, 11) is 1.62. The molecule has 1 aromatic rings. The third-order valence-electron chi connectivity index (χ3n) is 3.19. The fourth-order valence-electron chi connectivity index (χ4n) is 1.62. The lowest BCUT2D eigenvalue weighted by molar-refractivity contribution is -0.117. The maximum Gasteiger partial charge on any atom is 0.225 e. The zero-order chi connectivity index (χ0) is 15.9. The molecule has 0 aliphatic rings. The quantitative estimate of drug-likeness (QED) is 0.757. The van der Waals surface area contributed by atoms with E-state index < -0.39 is 0 Å². The van der Waals surface area contributed by atoms with Gasteiger partial charge in [0.05, 0.1) is 6.61 Å². The first-order valence-electron chi connectivity index (χ1n) is 7.10. The van der Waals surface area contributed by atoms with Crippen molar-refractivity contribution in [1.29, 1.82) is 0 Å². The van der Waals surface area contributed by atoms with E-state index in [-0.39, 0.29) is 23.8 Å². The Bertz CT molecular complexity index is 455. The van der Waals surface area contributed by atoms with E-state index in [1.807, 2.05) is 39.0 Å². The molecule has 0 bridgehead atoms. The Kier molecular flexibility index (Phi) is 6.65. The van der Waals surface area contributed by atoms with Crippen molar-refractivity contribution in [2.24, 2.45) is 11.1 Å². The Morgan fingerprint density at radius 3 is 2.67 bits per heavy atom. The van der Waals surface area contributed by atoms with Crippen LogP contribution in [0.4, 0.5) is 5.69 Å². The molecule has 1 rings (SSSR count). The minimum atomic E-state index is -0.182. The number of rotatable bonds is 7. The number of amides is 1. The smallest absolute Gasteiger partial charge is 0.225 e. The summed E-state index contributed by atoms with van der Waals surface area (Å²) in [6.45, 7) is 7.07. The SMILES string of the molecule is COCCOc1cccc(NC(=O)CC(N)C(C)(C)C)c1. The van der Waals surface area contributed by atoms with E-state index in [4.69, 9.17) is 15.2 Å². The van der Waals surface area contributed by atoms with Crippen molar-refractivity contribution in [3.63, 3.8) is 0 Å². The van der Waals surface area contributed by atoms with Gasteiger partial charge in [-0.25, -0.2) is 0 Å². The van der Waals surface area contributed by atoms with E-state index in [0.29, 0.717) is 24.7 Å². The normalized spacial score (nSPS) is 12.8. The number of nitrogens with one attached hydrogen (secondary N) is 1. The summed E-state index contributed by atoms with van der Waals surface area (Å²) in [5, 5.41) is 2.85. The van der Waals surface area contributed by atoms with Crippen LogP contribution in [0.5, 0.6) is 5.75 Å². The first kappa shape index (κ1) is 17.5. The molecule has 0 radical (unpaired) electrons. The minimum Gasteiger partial charge on any atom is -0.491 e. The van der Waals surface area contributed by atoms with E-state index in [9.17, 15) is 4.79 Å². The molecule has 5 heteroatoms. The summed E-state index contributed by atoms with van der Waals surface area (Å²) < 4.78 is 10.4. The van der Waals surface area contributed by atoms with Gasteiger partial charge in [-0.2, -0.15) is 0 Å². The summed E-state index contributed by atoms with van der Waals surface area (Å²) in [5.41, 5.74) is 6.63. The van der Waals surface area contributed by atoms with Crippen LogP contribution < -0.4 is 15.8 Å². The molecule has 0 fully saturated rings. The molecule has 0 saturated carbocycles. The maximum atomic E-state index is 12.0. The van der Waals surface area contributed by atoms with E-state index in [1.165, 1.54) is 0 Å². The molecular formula is C16H26N2O3. The summed E-state index contributed by atoms with van der Waals surface area (Å²) in [6.07, 6.45) is 0.290. The molecule has 0 spiro atoms. The first-order valence-corrected chi connectivity index (χ1v) is 7.10. The van der Waals surface area contributed by atoms with Crippen molar-refractivity contribution >= 4 is 11.6 Å². The van der Waals surface area contributed by atoms with Crippen molar-refractivity contribution in [3.05, 3.63) is 24.3 Å². The topological polar surface area (TPSA) is 73.6 Å². The average molecular weight is 294 g/mol. The summed E-state index contributed by atoms with van der Waals surface area (Å²) >= 11 is 0. The Morgan fingerprint density at radius 1 is 1.33 bits per heavy atom. The van der Waals surface area contributed by atoms with Crippen LogP contribution in [-0.2, 0) is 9.53 Å². The number of benzene rings is 1. The Morgan fingerprint density at radius 2 is 2.05 bits per heavy atom. The second-order valence-electron chi connectivity index (χ2n) is 6.09. The Labute approximate surface area is 126 Å². The van der Waals surface area contributed by atoms with E-state index in [0.717, 1.165) is 0 Å². The van der Waals surface area contributed by atoms with Crippen LogP contribution in [0.1, 0.15) is 27.2 Å². The molecule has 0 aliphatic carbocycles. The largest absolute Gasteiger partial charge is 0.491 e. The summed E-state index contributed by atoms with van der Waals surface area (Å²) in [6, 6.07) is 7.10. The number of anilines is 1. The van der Waals surface area contributed by atoms with Gasteiger partial charge in [0.1, 0.15) is 12.4 Å². The molecule has 5 nitrogen and oxygen atoms in total. The molecular weight excluding hydrogens is 268 g/mol. The number of ether oxygens (including phenoxy) is 2. The molecule has 1 unspecified atom stereocenters. The van der Waals surface area contributed by atoms with Crippen LogP contribution in [0.2, 0.25) is 0 Å². The fourth-order valence-corrected chi connectivity index (χ4v) is 1.62. The third-order valence-corrected chi connectivity index (χ3v) is 3.19. The van der Waals surface area contributed by atoms with Crippen LogP contribution in [-0.4, -0.2) is 32.3 Å². The number of nitrogens with two attached hydrogens (primary N) is 1. The lowest BCUT2D eigenvalue weighted by Crippen LogP contribution is -2.38. The van der Waals surface area contributed by atoms with Crippen LogP contribution in [0.25, 0.3) is 0 Å². The lowest BCUT2D eigenvalue weighted by Gasteiger charge is -2.26. The minimum absolute atomic E-state index is 0.0912. The standard InChI is InChI=1S/C16H26N2O3/c1-16(2,3)14(17)11-15(19)18-12-6-5-7-13(10-12)21-9-8-20-4/h5-7,10,14H,8-9,11,17H2,1-4H3,(H,18,19). The van der Waals surface area contributed by atoms with Gasteiger partial charge >= 0.3 is 0 Å². The highest BCUT2D eigenvalue weighted by Gasteiger charge is 2.23. The van der Waals surface area contributed by atoms with Gasteiger partial charge in [0, 0.05) is 31.3 Å². The molecule has 0 heterocycles. The highest BCUT2D eigenvalue weighted by Crippen LogP contribution is 2.21. The number of hydrogen-bond acceptors (Lipinski definition) is 4. The number of carbonyl (C=O) groups is 1. The third kappa shape index (κ3) is 6.60. The molecule has 21 heavy (non-hydrogen) atoms. The van der Waals surface area contributed by atoms with Crippen molar-refractivity contribution in [2.75, 3.05) is 25.6 Å². The van der Waals surface area contributed by atoms with Crippen molar-refractivity contribution in [2.45, 2.75) is 33.2 Å². The monoisotopic (exact) mass is 294 g/mol. The number of methoxy groups -OCH3 is 1. The zero-order valence-electron chi connectivity index (χ0n) is 13.3. The summed E-state index contributed by atoms with van der Waals surface area (Å²) in [4.78, 5) is 12.0. The van der Waals surface area contributed by atoms with Crippen LogP contribution in [0.3, 0.4) is 0 Å². The molecule has 0 aromatic heterocycles. The van der Waals surface area contributed by atoms with Crippen molar-refractivity contribution < 1.29 is 14.3 Å². The highest BCUT2D eigenvalue weighted by molar-refractivity contribution is 5.91. The second-order valence-corrected chi connectivity index (χ2v) is 6.09. The fraction of sp³-hybridized carbons (Fsp3) is 0.562. The van der Waals surface area contributed by atoms with Crippen molar-refractivity contribution in [3.8, 4) is 5.75 Å². The zero-order valence-corrected chi connectivity index (χ0v) is 13.3. The van der Waals surface area contributed by atoms with Gasteiger partial charge in [0.2, 0.25) is 5.91 Å². The highest BCUT2D eigenvalue weighted by atomic mass is 16.5. The molecule has 1 atom stereocenters. The predicted molar refractivity (Wildman–Crippen MR) is 84.5 cm³/mol. The molecule has 118 valence electrons. The Hall–Kier alpha value is -1.59. The lowest BCUT2D eigenvalue weighted by atomic mass is 9.85. The van der Waals surface area contributed by atoms with Gasteiger partial charge in [-0.15, -0.1) is 0 Å². The average Bonchev–Trinajstić information content (AvgIpc) is 2.38. The molecule has 0 saturated heterocycles. The van der Waals surface area contributed by atoms with E-state index >= 15 is 0 Å². The summed E-state index contributed by atoms with van der Waals surface area (Å²) in [5.74, 6) is 0.608. The first-order chi connectivity index (χ1) is 9.82. The van der Waals surface area contributed by atoms with Crippen LogP contribution in [0.15, 0.2) is 24.3 Å². The van der Waals surface area contributed by atoms with Crippen LogP contribution in [0, 0.1) is 5.41 Å². The second kappa shape index (κ2) is 8.00. The molecule has 1 amide bonds. The van der Waals surface area contributed by atoms with Gasteiger partial charge < -0.3 is 20.5 Å². The molecule has 3 N–H and O–H groups in total. The van der Waals surface area contributed by atoms with Gasteiger partial charge in [-0.3, -0.25) is 4.79 Å². The maximum absolute atomic E-state index is 12.0. The van der Waals surface area contributed by atoms with Gasteiger partial charge in [0.25, 0.3) is 0 Å². The Balaban J connectivity index is 2.54. The number of hydrogen-bond donors (Lipinski definition) is 2. The van der Waals surface area contributed by atoms with Gasteiger partial charge in [-0.05, 0) is 17.5 Å². The van der Waals surface area contributed by atoms with Crippen LogP contribution >= 0.6 is 0 Å².